The van der Waals surface area contributed by atoms with Crippen LogP contribution >= 0.6 is 0 Å². The molecule has 0 aliphatic heterocycles. The maximum atomic E-state index is 10.9. The molecule has 0 aromatic heterocycles. The second-order valence-corrected chi connectivity index (χ2v) is 4.17. The number of ketones is 1. The molecule has 0 amide bonds. The third-order valence-electron chi connectivity index (χ3n) is 2.44. The van der Waals surface area contributed by atoms with Crippen LogP contribution < -0.4 is 5.32 Å². The predicted octanol–water partition coefficient (Wildman–Crippen LogP) is -0.426. The van der Waals surface area contributed by atoms with Gasteiger partial charge in [0.25, 0.3) is 0 Å². The van der Waals surface area contributed by atoms with Crippen LogP contribution in [0, 0.1) is 5.92 Å². The number of nitrogens with one attached hydrogen (secondary N) is 1. The molecule has 0 radical (unpaired) electrons. The van der Waals surface area contributed by atoms with Gasteiger partial charge in [0.1, 0.15) is 11.8 Å². The third-order valence-corrected chi connectivity index (χ3v) is 2.44. The average molecular weight is 275 g/mol. The summed E-state index contributed by atoms with van der Waals surface area (Å²) in [6.07, 6.45) is -0.695. The Morgan fingerprint density at radius 3 is 2.00 bits per heavy atom. The quantitative estimate of drug-likeness (QED) is 0.421. The van der Waals surface area contributed by atoms with E-state index in [0.29, 0.717) is 0 Å². The molecule has 0 aromatic carbocycles. The van der Waals surface area contributed by atoms with Crippen LogP contribution in [0.2, 0.25) is 0 Å². The van der Waals surface area contributed by atoms with Crippen LogP contribution in [0.4, 0.5) is 0 Å². The first-order valence-electron chi connectivity index (χ1n) is 5.64. The number of carboxylic acid groups (broad SMARTS) is 3. The number of carboxylic acids is 3. The third kappa shape index (κ3) is 7.87. The van der Waals surface area contributed by atoms with Crippen molar-refractivity contribution in [2.45, 2.75) is 32.2 Å². The molecule has 0 heterocycles. The minimum absolute atomic E-state index is 0.156. The monoisotopic (exact) mass is 275 g/mol. The lowest BCUT2D eigenvalue weighted by atomic mass is 10.0. The molecule has 0 bridgehead atoms. The molecule has 19 heavy (non-hydrogen) atoms. The van der Waals surface area contributed by atoms with Gasteiger partial charge in [-0.1, -0.05) is 0 Å². The van der Waals surface area contributed by atoms with Gasteiger partial charge in [0.05, 0.1) is 5.92 Å². The molecule has 0 rings (SSSR count). The van der Waals surface area contributed by atoms with Gasteiger partial charge in [-0.05, 0) is 13.3 Å². The molecule has 0 saturated carbocycles. The summed E-state index contributed by atoms with van der Waals surface area (Å²) in [5, 5.41) is 28.6. The van der Waals surface area contributed by atoms with Crippen molar-refractivity contribution < 1.29 is 34.5 Å². The lowest BCUT2D eigenvalue weighted by molar-refractivity contribution is -0.145. The number of hydrogen-bond donors (Lipinski definition) is 4. The standard InChI is InChI=1S/C11H17NO7/c1-6(13)4-7(10(16)17)5-12-8(11(18)19)2-3-9(14)15/h7-8,12H,2-5H2,1H3,(H,14,15)(H,16,17)(H,18,19). The fourth-order valence-electron chi connectivity index (χ4n) is 1.46. The molecule has 0 aromatic rings. The molecule has 2 unspecified atom stereocenters. The average Bonchev–Trinajstić information content (AvgIpc) is 2.25. The Morgan fingerprint density at radius 2 is 1.63 bits per heavy atom. The van der Waals surface area contributed by atoms with E-state index in [1.165, 1.54) is 6.92 Å². The van der Waals surface area contributed by atoms with Gasteiger partial charge in [-0.15, -0.1) is 0 Å². The van der Waals surface area contributed by atoms with Gasteiger partial charge in [0, 0.05) is 19.4 Å². The number of carbonyl (C=O) groups is 4. The lowest BCUT2D eigenvalue weighted by Gasteiger charge is -2.17. The highest BCUT2D eigenvalue weighted by molar-refractivity contribution is 5.82. The first-order chi connectivity index (χ1) is 8.73. The molecule has 2 atom stereocenters. The Hall–Kier alpha value is -1.96. The van der Waals surface area contributed by atoms with Crippen molar-refractivity contribution in [1.29, 1.82) is 0 Å². The van der Waals surface area contributed by atoms with Crippen molar-refractivity contribution in [3.63, 3.8) is 0 Å². The van der Waals surface area contributed by atoms with Gasteiger partial charge < -0.3 is 25.4 Å². The SMILES string of the molecule is CC(=O)CC(CNC(CCC(=O)O)C(=O)O)C(=O)O. The summed E-state index contributed by atoms with van der Waals surface area (Å²) in [5.74, 6) is -4.93. The summed E-state index contributed by atoms with van der Waals surface area (Å²) in [6, 6.07) is -1.15. The Bertz CT molecular complexity index is 366. The molecule has 0 fully saturated rings. The van der Waals surface area contributed by atoms with Gasteiger partial charge in [-0.2, -0.15) is 0 Å². The van der Waals surface area contributed by atoms with Crippen molar-refractivity contribution >= 4 is 23.7 Å². The van der Waals surface area contributed by atoms with Gasteiger partial charge >= 0.3 is 17.9 Å². The first-order valence-corrected chi connectivity index (χ1v) is 5.64. The number of aliphatic carboxylic acids is 3. The van der Waals surface area contributed by atoms with E-state index < -0.39 is 29.9 Å². The zero-order valence-electron chi connectivity index (χ0n) is 10.5. The largest absolute Gasteiger partial charge is 0.481 e. The number of Topliss-reactive ketones (excluding diaryl/α,β-unsaturated/α-hetero) is 1. The highest BCUT2D eigenvalue weighted by Gasteiger charge is 2.24. The van der Waals surface area contributed by atoms with Gasteiger partial charge in [0.15, 0.2) is 0 Å². The fourth-order valence-corrected chi connectivity index (χ4v) is 1.46. The molecular weight excluding hydrogens is 258 g/mol. The van der Waals surface area contributed by atoms with Crippen LogP contribution in [-0.2, 0) is 19.2 Å². The second-order valence-electron chi connectivity index (χ2n) is 4.17. The molecule has 0 spiro atoms. The van der Waals surface area contributed by atoms with E-state index >= 15 is 0 Å². The molecule has 108 valence electrons. The van der Waals surface area contributed by atoms with Crippen molar-refractivity contribution in [2.24, 2.45) is 5.92 Å². The van der Waals surface area contributed by atoms with Gasteiger partial charge in [-0.3, -0.25) is 14.4 Å². The van der Waals surface area contributed by atoms with E-state index in [2.05, 4.69) is 5.32 Å². The summed E-state index contributed by atoms with van der Waals surface area (Å²) in [4.78, 5) is 42.9. The van der Waals surface area contributed by atoms with E-state index in [1.54, 1.807) is 0 Å². The molecule has 4 N–H and O–H groups in total. The molecule has 0 aliphatic carbocycles. The predicted molar refractivity (Wildman–Crippen MR) is 62.7 cm³/mol. The summed E-state index contributed by atoms with van der Waals surface area (Å²) in [5.41, 5.74) is 0. The first kappa shape index (κ1) is 17.0. The van der Waals surface area contributed by atoms with Crippen molar-refractivity contribution in [2.75, 3.05) is 6.54 Å². The topological polar surface area (TPSA) is 141 Å². The van der Waals surface area contributed by atoms with E-state index in [0.717, 1.165) is 0 Å². The molecule has 0 saturated heterocycles. The molecular formula is C11H17NO7. The summed E-state index contributed by atoms with van der Waals surface area (Å²) in [7, 11) is 0. The van der Waals surface area contributed by atoms with E-state index in [1.807, 2.05) is 0 Å². The maximum Gasteiger partial charge on any atom is 0.320 e. The zero-order valence-corrected chi connectivity index (χ0v) is 10.5. The number of rotatable bonds is 10. The van der Waals surface area contributed by atoms with Crippen molar-refractivity contribution in [1.82, 2.24) is 5.32 Å². The Labute approximate surface area is 109 Å². The van der Waals surface area contributed by atoms with Crippen molar-refractivity contribution in [3.8, 4) is 0 Å². The summed E-state index contributed by atoms with van der Waals surface area (Å²) in [6.45, 7) is 1.04. The summed E-state index contributed by atoms with van der Waals surface area (Å²) < 4.78 is 0. The van der Waals surface area contributed by atoms with E-state index in [4.69, 9.17) is 15.3 Å². The maximum absolute atomic E-state index is 10.9. The molecule has 8 nitrogen and oxygen atoms in total. The number of hydrogen-bond acceptors (Lipinski definition) is 5. The van der Waals surface area contributed by atoms with Gasteiger partial charge in [0.2, 0.25) is 0 Å². The van der Waals surface area contributed by atoms with Crippen LogP contribution in [0.15, 0.2) is 0 Å². The van der Waals surface area contributed by atoms with Crippen molar-refractivity contribution in [3.05, 3.63) is 0 Å². The van der Waals surface area contributed by atoms with Crippen LogP contribution in [0.3, 0.4) is 0 Å². The Balaban J connectivity index is 4.41. The fraction of sp³-hybridized carbons (Fsp3) is 0.636. The highest BCUT2D eigenvalue weighted by Crippen LogP contribution is 2.05. The van der Waals surface area contributed by atoms with E-state index in [9.17, 15) is 19.2 Å². The van der Waals surface area contributed by atoms with Crippen LogP contribution in [0.25, 0.3) is 0 Å². The molecule has 8 heteroatoms. The van der Waals surface area contributed by atoms with Crippen LogP contribution in [-0.4, -0.2) is 51.6 Å². The second kappa shape index (κ2) is 8.20. The Morgan fingerprint density at radius 1 is 1.05 bits per heavy atom. The molecule has 0 aliphatic rings. The summed E-state index contributed by atoms with van der Waals surface area (Å²) >= 11 is 0. The number of carbonyl (C=O) groups excluding carboxylic acids is 1. The van der Waals surface area contributed by atoms with Crippen LogP contribution in [0.1, 0.15) is 26.2 Å². The highest BCUT2D eigenvalue weighted by atomic mass is 16.4. The minimum Gasteiger partial charge on any atom is -0.481 e. The lowest BCUT2D eigenvalue weighted by Crippen LogP contribution is -2.41. The van der Waals surface area contributed by atoms with E-state index in [-0.39, 0.29) is 31.6 Å². The van der Waals surface area contributed by atoms with Gasteiger partial charge in [-0.25, -0.2) is 0 Å². The van der Waals surface area contributed by atoms with Crippen LogP contribution in [0.5, 0.6) is 0 Å². The zero-order chi connectivity index (χ0) is 15.0. The normalized spacial score (nSPS) is 13.5. The smallest absolute Gasteiger partial charge is 0.320 e. The Kier molecular flexibility index (Phi) is 7.35. The minimum atomic E-state index is -1.26.